The molecule has 0 atom stereocenters. The minimum Gasteiger partial charge on any atom is -0.297 e. The number of aliphatic imine (C=N–C) groups is 1. The van der Waals surface area contributed by atoms with E-state index in [1.165, 1.54) is 19.3 Å². The van der Waals surface area contributed by atoms with Crippen LogP contribution in [0, 0.1) is 11.3 Å². The molecule has 0 radical (unpaired) electrons. The Labute approximate surface area is 89.3 Å². The first-order valence-corrected chi connectivity index (χ1v) is 5.70. The quantitative estimate of drug-likeness (QED) is 0.566. The molecule has 1 heteroatoms. The highest BCUT2D eigenvalue weighted by atomic mass is 14.6. The molecule has 0 aromatic heterocycles. The fraction of sp³-hybridized carbons (Fsp3) is 0.769. The highest BCUT2D eigenvalue weighted by Crippen LogP contribution is 2.35. The molecule has 0 heterocycles. The lowest BCUT2D eigenvalue weighted by atomic mass is 9.75. The SMILES string of the molecule is CCC(/C=C\C=N/C)(CC)CC(C)C. The van der Waals surface area contributed by atoms with E-state index in [1.807, 2.05) is 13.3 Å². The Morgan fingerprint density at radius 1 is 1.21 bits per heavy atom. The largest absolute Gasteiger partial charge is 0.297 e. The van der Waals surface area contributed by atoms with Crippen molar-refractivity contribution in [3.63, 3.8) is 0 Å². The minimum absolute atomic E-state index is 0.384. The summed E-state index contributed by atoms with van der Waals surface area (Å²) in [6, 6.07) is 0. The monoisotopic (exact) mass is 195 g/mol. The molecule has 0 N–H and O–H groups in total. The Hall–Kier alpha value is -0.590. The second kappa shape index (κ2) is 6.80. The van der Waals surface area contributed by atoms with Crippen molar-refractivity contribution in [2.75, 3.05) is 7.05 Å². The summed E-state index contributed by atoms with van der Waals surface area (Å²) in [5, 5.41) is 0. The van der Waals surface area contributed by atoms with Crippen LogP contribution in [0.4, 0.5) is 0 Å². The molecule has 0 aliphatic heterocycles. The van der Waals surface area contributed by atoms with E-state index in [9.17, 15) is 0 Å². The van der Waals surface area contributed by atoms with Crippen molar-refractivity contribution in [1.29, 1.82) is 0 Å². The van der Waals surface area contributed by atoms with E-state index >= 15 is 0 Å². The van der Waals surface area contributed by atoms with Gasteiger partial charge in [0.2, 0.25) is 0 Å². The molecule has 0 amide bonds. The van der Waals surface area contributed by atoms with Crippen LogP contribution in [0.1, 0.15) is 47.0 Å². The van der Waals surface area contributed by atoms with Crippen LogP contribution in [0.25, 0.3) is 0 Å². The molecule has 0 aliphatic carbocycles. The van der Waals surface area contributed by atoms with Crippen LogP contribution >= 0.6 is 0 Å². The Morgan fingerprint density at radius 3 is 2.14 bits per heavy atom. The van der Waals surface area contributed by atoms with Gasteiger partial charge in [-0.05, 0) is 36.7 Å². The minimum atomic E-state index is 0.384. The summed E-state index contributed by atoms with van der Waals surface area (Å²) in [6.07, 6.45) is 10.0. The molecule has 0 saturated carbocycles. The first kappa shape index (κ1) is 13.4. The van der Waals surface area contributed by atoms with Crippen LogP contribution in [0.2, 0.25) is 0 Å². The zero-order chi connectivity index (χ0) is 11.0. The lowest BCUT2D eigenvalue weighted by Crippen LogP contribution is -2.18. The van der Waals surface area contributed by atoms with Gasteiger partial charge in [0, 0.05) is 13.3 Å². The molecule has 0 rings (SSSR count). The zero-order valence-electron chi connectivity index (χ0n) is 10.4. The van der Waals surface area contributed by atoms with Gasteiger partial charge in [-0.25, -0.2) is 0 Å². The van der Waals surface area contributed by atoms with E-state index in [0.717, 1.165) is 5.92 Å². The van der Waals surface area contributed by atoms with Crippen molar-refractivity contribution in [2.24, 2.45) is 16.3 Å². The van der Waals surface area contributed by atoms with Gasteiger partial charge in [0.1, 0.15) is 0 Å². The standard InChI is InChI=1S/C13H25N/c1-6-13(7-2,11-12(3)4)9-8-10-14-5/h8-10,12H,6-7,11H2,1-5H3/b9-8-,14-10-. The molecular weight excluding hydrogens is 170 g/mol. The summed E-state index contributed by atoms with van der Waals surface area (Å²) in [6.45, 7) is 9.14. The summed E-state index contributed by atoms with van der Waals surface area (Å²) < 4.78 is 0. The molecule has 0 fully saturated rings. The van der Waals surface area contributed by atoms with Gasteiger partial charge in [-0.3, -0.25) is 4.99 Å². The van der Waals surface area contributed by atoms with E-state index < -0.39 is 0 Å². The topological polar surface area (TPSA) is 12.4 Å². The van der Waals surface area contributed by atoms with Crippen LogP contribution in [0.3, 0.4) is 0 Å². The van der Waals surface area contributed by atoms with Crippen LogP contribution in [-0.4, -0.2) is 13.3 Å². The van der Waals surface area contributed by atoms with Crippen molar-refractivity contribution in [1.82, 2.24) is 0 Å². The third-order valence-corrected chi connectivity index (χ3v) is 2.91. The average Bonchev–Trinajstić information content (AvgIpc) is 2.16. The van der Waals surface area contributed by atoms with Gasteiger partial charge >= 0.3 is 0 Å². The van der Waals surface area contributed by atoms with Crippen molar-refractivity contribution in [2.45, 2.75) is 47.0 Å². The van der Waals surface area contributed by atoms with E-state index in [-0.39, 0.29) is 0 Å². The number of nitrogens with zero attached hydrogens (tertiary/aromatic N) is 1. The van der Waals surface area contributed by atoms with Crippen LogP contribution < -0.4 is 0 Å². The predicted molar refractivity (Wildman–Crippen MR) is 66.0 cm³/mol. The molecule has 82 valence electrons. The van der Waals surface area contributed by atoms with Gasteiger partial charge in [-0.15, -0.1) is 0 Å². The summed E-state index contributed by atoms with van der Waals surface area (Å²) in [5.41, 5.74) is 0.384. The van der Waals surface area contributed by atoms with Gasteiger partial charge in [0.25, 0.3) is 0 Å². The summed E-state index contributed by atoms with van der Waals surface area (Å²) in [4.78, 5) is 3.97. The zero-order valence-corrected chi connectivity index (χ0v) is 10.4. The van der Waals surface area contributed by atoms with Crippen LogP contribution in [0.5, 0.6) is 0 Å². The molecule has 0 bridgehead atoms. The number of hydrogen-bond acceptors (Lipinski definition) is 1. The number of hydrogen-bond donors (Lipinski definition) is 0. The third-order valence-electron chi connectivity index (χ3n) is 2.91. The second-order valence-corrected chi connectivity index (χ2v) is 4.43. The predicted octanol–water partition coefficient (Wildman–Crippen LogP) is 4.10. The lowest BCUT2D eigenvalue weighted by Gasteiger charge is -2.30. The highest BCUT2D eigenvalue weighted by molar-refractivity contribution is 5.70. The van der Waals surface area contributed by atoms with Gasteiger partial charge in [0.15, 0.2) is 0 Å². The highest BCUT2D eigenvalue weighted by Gasteiger charge is 2.23. The Bertz CT molecular complexity index is 185. The maximum atomic E-state index is 3.97. The van der Waals surface area contributed by atoms with Crippen molar-refractivity contribution < 1.29 is 0 Å². The Kier molecular flexibility index (Phi) is 6.52. The normalized spacial score (nSPS) is 13.6. The maximum absolute atomic E-state index is 3.97. The fourth-order valence-corrected chi connectivity index (χ4v) is 1.99. The van der Waals surface area contributed by atoms with E-state index in [2.05, 4.69) is 44.8 Å². The summed E-state index contributed by atoms with van der Waals surface area (Å²) in [5.74, 6) is 0.762. The molecule has 1 nitrogen and oxygen atoms in total. The summed E-state index contributed by atoms with van der Waals surface area (Å²) in [7, 11) is 1.81. The molecule has 0 saturated heterocycles. The van der Waals surface area contributed by atoms with Gasteiger partial charge in [-0.2, -0.15) is 0 Å². The molecule has 0 aromatic rings. The van der Waals surface area contributed by atoms with Crippen LogP contribution in [-0.2, 0) is 0 Å². The Balaban J connectivity index is 4.51. The number of allylic oxidation sites excluding steroid dienone is 2. The first-order chi connectivity index (χ1) is 6.60. The van der Waals surface area contributed by atoms with Crippen molar-refractivity contribution >= 4 is 6.21 Å². The van der Waals surface area contributed by atoms with Gasteiger partial charge in [0.05, 0.1) is 0 Å². The summed E-state index contributed by atoms with van der Waals surface area (Å²) >= 11 is 0. The number of rotatable bonds is 6. The van der Waals surface area contributed by atoms with E-state index in [4.69, 9.17) is 0 Å². The molecule has 0 aliphatic rings. The smallest absolute Gasteiger partial charge is 0.0277 e. The van der Waals surface area contributed by atoms with Gasteiger partial charge in [-0.1, -0.05) is 33.8 Å². The first-order valence-electron chi connectivity index (χ1n) is 5.70. The molecule has 14 heavy (non-hydrogen) atoms. The molecule has 0 aromatic carbocycles. The lowest BCUT2D eigenvalue weighted by molar-refractivity contribution is 0.280. The van der Waals surface area contributed by atoms with Crippen molar-refractivity contribution in [3.05, 3.63) is 12.2 Å². The Morgan fingerprint density at radius 2 is 1.79 bits per heavy atom. The van der Waals surface area contributed by atoms with E-state index in [1.54, 1.807) is 0 Å². The molecule has 0 spiro atoms. The van der Waals surface area contributed by atoms with Crippen molar-refractivity contribution in [3.8, 4) is 0 Å². The molecular formula is C13H25N. The second-order valence-electron chi connectivity index (χ2n) is 4.43. The fourth-order valence-electron chi connectivity index (χ4n) is 1.99. The van der Waals surface area contributed by atoms with Crippen LogP contribution in [0.15, 0.2) is 17.1 Å². The van der Waals surface area contributed by atoms with E-state index in [0.29, 0.717) is 5.41 Å². The maximum Gasteiger partial charge on any atom is 0.0277 e. The van der Waals surface area contributed by atoms with Gasteiger partial charge < -0.3 is 0 Å². The average molecular weight is 195 g/mol. The third kappa shape index (κ3) is 4.59. The molecule has 0 unspecified atom stereocenters.